The summed E-state index contributed by atoms with van der Waals surface area (Å²) in [5, 5.41) is 0.541. The Morgan fingerprint density at radius 1 is 0.919 bits per heavy atom. The Morgan fingerprint density at radius 2 is 1.62 bits per heavy atom. The van der Waals surface area contributed by atoms with Gasteiger partial charge in [0.1, 0.15) is 16.4 Å². The number of alkyl halides is 3. The molecule has 0 aliphatic carbocycles. The lowest BCUT2D eigenvalue weighted by atomic mass is 10.2. The Morgan fingerprint density at radius 3 is 2.27 bits per heavy atom. The number of pyridine rings is 1. The molecule has 0 saturated carbocycles. The van der Waals surface area contributed by atoms with Crippen LogP contribution in [0.2, 0.25) is 0 Å². The summed E-state index contributed by atoms with van der Waals surface area (Å²) in [4.78, 5) is 3.56. The molecule has 0 atom stereocenters. The van der Waals surface area contributed by atoms with Crippen LogP contribution in [0.5, 0.6) is 23.0 Å². The van der Waals surface area contributed by atoms with Crippen molar-refractivity contribution in [2.45, 2.75) is 11.1 Å². The minimum Gasteiger partial charge on any atom is -0.493 e. The molecule has 0 radical (unpaired) electrons. The summed E-state index contributed by atoms with van der Waals surface area (Å²) < 4.78 is 97.8. The van der Waals surface area contributed by atoms with Gasteiger partial charge in [-0.15, -0.1) is 0 Å². The van der Waals surface area contributed by atoms with E-state index >= 15 is 0 Å². The van der Waals surface area contributed by atoms with Gasteiger partial charge in [-0.1, -0.05) is 0 Å². The van der Waals surface area contributed by atoms with Gasteiger partial charge in [0.2, 0.25) is 0 Å². The predicted molar refractivity (Wildman–Crippen MR) is 131 cm³/mol. The van der Waals surface area contributed by atoms with E-state index in [9.17, 15) is 26.0 Å². The van der Waals surface area contributed by atoms with Crippen molar-refractivity contribution >= 4 is 42.5 Å². The van der Waals surface area contributed by atoms with Crippen molar-refractivity contribution in [3.63, 3.8) is 0 Å². The maximum Gasteiger partial charge on any atom is 0.416 e. The van der Waals surface area contributed by atoms with Crippen LogP contribution in [0.15, 0.2) is 70.2 Å². The number of fused-ring (bicyclic) bond motifs is 1. The fourth-order valence-corrected chi connectivity index (χ4v) is 5.45. The number of sulfonamides is 1. The highest BCUT2D eigenvalue weighted by Gasteiger charge is 2.33. The second-order valence-corrected chi connectivity index (χ2v) is 10.0. The van der Waals surface area contributed by atoms with E-state index in [1.807, 2.05) is 4.72 Å². The summed E-state index contributed by atoms with van der Waals surface area (Å²) in [5.74, 6) is 0.204. The summed E-state index contributed by atoms with van der Waals surface area (Å²) in [6, 6.07) is 10.3. The molecule has 194 valence electrons. The van der Waals surface area contributed by atoms with Gasteiger partial charge >= 0.3 is 6.18 Å². The van der Waals surface area contributed by atoms with Crippen LogP contribution in [0.1, 0.15) is 5.56 Å². The summed E-state index contributed by atoms with van der Waals surface area (Å²) >= 11 is 2.93. The van der Waals surface area contributed by atoms with Crippen molar-refractivity contribution in [2.75, 3.05) is 18.9 Å². The Bertz CT molecular complexity index is 1600. The van der Waals surface area contributed by atoms with Crippen LogP contribution >= 0.6 is 15.9 Å². The molecule has 4 aromatic rings. The molecule has 1 N–H and O–H groups in total. The van der Waals surface area contributed by atoms with Crippen LogP contribution in [0.25, 0.3) is 10.9 Å². The van der Waals surface area contributed by atoms with E-state index in [1.165, 1.54) is 26.5 Å². The van der Waals surface area contributed by atoms with E-state index in [1.54, 1.807) is 18.2 Å². The van der Waals surface area contributed by atoms with E-state index in [0.717, 1.165) is 24.3 Å². The first-order valence-corrected chi connectivity index (χ1v) is 12.6. The molecule has 0 fully saturated rings. The van der Waals surface area contributed by atoms with Crippen LogP contribution in [-0.4, -0.2) is 27.6 Å². The molecule has 3 aromatic carbocycles. The molecule has 13 heteroatoms. The molecular weight excluding hydrogens is 584 g/mol. The zero-order valence-electron chi connectivity index (χ0n) is 19.1. The first-order valence-electron chi connectivity index (χ1n) is 10.3. The second-order valence-electron chi connectivity index (χ2n) is 7.53. The molecule has 1 heterocycles. The van der Waals surface area contributed by atoms with Crippen molar-refractivity contribution in [3.05, 3.63) is 76.6 Å². The smallest absolute Gasteiger partial charge is 0.416 e. The lowest BCUT2D eigenvalue weighted by molar-refractivity contribution is -0.137. The average Bonchev–Trinajstić information content (AvgIpc) is 2.84. The Hall–Kier alpha value is -3.58. The summed E-state index contributed by atoms with van der Waals surface area (Å²) in [7, 11) is -1.63. The van der Waals surface area contributed by atoms with Crippen molar-refractivity contribution in [2.24, 2.45) is 0 Å². The van der Waals surface area contributed by atoms with Crippen molar-refractivity contribution in [1.82, 2.24) is 4.98 Å². The number of anilines is 1. The first kappa shape index (κ1) is 26.5. The molecule has 0 bridgehead atoms. The number of hydrogen-bond donors (Lipinski definition) is 1. The molecule has 0 aliphatic heterocycles. The van der Waals surface area contributed by atoms with E-state index in [4.69, 9.17) is 14.2 Å². The number of aromatic nitrogens is 1. The quantitative estimate of drug-likeness (QED) is 0.236. The third-order valence-corrected chi connectivity index (χ3v) is 7.53. The topological polar surface area (TPSA) is 86.8 Å². The van der Waals surface area contributed by atoms with Crippen LogP contribution in [0.3, 0.4) is 0 Å². The maximum atomic E-state index is 14.9. The molecule has 0 aliphatic rings. The summed E-state index contributed by atoms with van der Waals surface area (Å²) in [6.45, 7) is 0. The number of halogens is 5. The van der Waals surface area contributed by atoms with Gasteiger partial charge in [0.15, 0.2) is 17.3 Å². The van der Waals surface area contributed by atoms with E-state index in [-0.39, 0.29) is 10.2 Å². The SMILES string of the molecule is COc1cc2nccc(Oc3ccc(NS(=O)(=O)c4cc(C(F)(F)F)ccc4Br)c(F)c3)c2cc1OC. The van der Waals surface area contributed by atoms with Gasteiger partial charge in [0.05, 0.1) is 31.0 Å². The first-order chi connectivity index (χ1) is 17.4. The number of benzene rings is 3. The molecule has 0 unspecified atom stereocenters. The Kier molecular flexibility index (Phi) is 7.20. The lowest BCUT2D eigenvalue weighted by Gasteiger charge is -2.14. The van der Waals surface area contributed by atoms with Gasteiger partial charge in [-0.2, -0.15) is 13.2 Å². The predicted octanol–water partition coefficient (Wildman–Crippen LogP) is 6.77. The van der Waals surface area contributed by atoms with Crippen LogP contribution in [-0.2, 0) is 16.2 Å². The lowest BCUT2D eigenvalue weighted by Crippen LogP contribution is -2.16. The van der Waals surface area contributed by atoms with Crippen LogP contribution < -0.4 is 18.9 Å². The van der Waals surface area contributed by atoms with Gasteiger partial charge in [-0.25, -0.2) is 12.8 Å². The summed E-state index contributed by atoms with van der Waals surface area (Å²) in [6.07, 6.45) is -3.28. The normalized spacial score (nSPS) is 11.9. The molecule has 0 amide bonds. The highest BCUT2D eigenvalue weighted by Crippen LogP contribution is 2.38. The molecule has 1 aromatic heterocycles. The van der Waals surface area contributed by atoms with Gasteiger partial charge < -0.3 is 14.2 Å². The van der Waals surface area contributed by atoms with Gasteiger partial charge in [0.25, 0.3) is 10.0 Å². The summed E-state index contributed by atoms with van der Waals surface area (Å²) in [5.41, 5.74) is -1.13. The Balaban J connectivity index is 1.63. The number of hydrogen-bond acceptors (Lipinski definition) is 6. The number of nitrogens with one attached hydrogen (secondary N) is 1. The number of rotatable bonds is 7. The second kappa shape index (κ2) is 10.1. The Labute approximate surface area is 217 Å². The van der Waals surface area contributed by atoms with Crippen LogP contribution in [0.4, 0.5) is 23.2 Å². The fraction of sp³-hybridized carbons (Fsp3) is 0.125. The molecular formula is C24H17BrF4N2O5S. The molecule has 4 rings (SSSR count). The minimum atomic E-state index is -4.76. The van der Waals surface area contributed by atoms with Crippen LogP contribution in [0, 0.1) is 5.82 Å². The van der Waals surface area contributed by atoms with Gasteiger partial charge in [0, 0.05) is 28.2 Å². The molecule has 0 saturated heterocycles. The zero-order chi connectivity index (χ0) is 27.0. The van der Waals surface area contributed by atoms with E-state index in [0.29, 0.717) is 34.2 Å². The molecule has 7 nitrogen and oxygen atoms in total. The van der Waals surface area contributed by atoms with Gasteiger partial charge in [-0.3, -0.25) is 9.71 Å². The van der Waals surface area contributed by atoms with Gasteiger partial charge in [-0.05, 0) is 58.4 Å². The highest BCUT2D eigenvalue weighted by atomic mass is 79.9. The largest absolute Gasteiger partial charge is 0.493 e. The third kappa shape index (κ3) is 5.57. The van der Waals surface area contributed by atoms with Crippen molar-refractivity contribution in [3.8, 4) is 23.0 Å². The highest BCUT2D eigenvalue weighted by molar-refractivity contribution is 9.10. The monoisotopic (exact) mass is 600 g/mol. The third-order valence-electron chi connectivity index (χ3n) is 5.17. The number of methoxy groups -OCH3 is 2. The number of ether oxygens (including phenoxy) is 3. The standard InChI is InChI=1S/C24H17BrF4N2O5S/c1-34-21-11-15-19(12-22(21)35-2)30-8-7-20(15)36-14-4-6-18(17(26)10-14)31-37(32,33)23-9-13(24(27,28)29)3-5-16(23)25/h3-12,31H,1-2H3. The minimum absolute atomic E-state index is 0.0305. The maximum absolute atomic E-state index is 14.9. The molecule has 0 spiro atoms. The average molecular weight is 601 g/mol. The fourth-order valence-electron chi connectivity index (χ4n) is 3.39. The van der Waals surface area contributed by atoms with E-state index < -0.39 is 38.2 Å². The van der Waals surface area contributed by atoms with E-state index in [2.05, 4.69) is 20.9 Å². The van der Waals surface area contributed by atoms with Crippen molar-refractivity contribution in [1.29, 1.82) is 0 Å². The number of nitrogens with zero attached hydrogens (tertiary/aromatic N) is 1. The van der Waals surface area contributed by atoms with Crippen molar-refractivity contribution < 1.29 is 40.2 Å². The zero-order valence-corrected chi connectivity index (χ0v) is 21.5. The molecule has 37 heavy (non-hydrogen) atoms.